The van der Waals surface area contributed by atoms with Gasteiger partial charge in [0.2, 0.25) is 0 Å². The molecule has 0 saturated heterocycles. The second kappa shape index (κ2) is 8.38. The van der Waals surface area contributed by atoms with Gasteiger partial charge in [-0.1, -0.05) is 54.5 Å². The van der Waals surface area contributed by atoms with E-state index in [1.165, 1.54) is 17.0 Å². The number of hydrogen-bond acceptors (Lipinski definition) is 4. The molecule has 0 spiro atoms. The fourth-order valence-corrected chi connectivity index (χ4v) is 3.44. The summed E-state index contributed by atoms with van der Waals surface area (Å²) >= 11 is 0. The summed E-state index contributed by atoms with van der Waals surface area (Å²) in [6, 6.07) is 16.9. The van der Waals surface area contributed by atoms with E-state index in [4.69, 9.17) is 6.42 Å². The highest BCUT2D eigenvalue weighted by molar-refractivity contribution is 6.15. The number of fused-ring (bicyclic) bond motifs is 1. The summed E-state index contributed by atoms with van der Waals surface area (Å²) in [4.78, 5) is 34.5. The van der Waals surface area contributed by atoms with E-state index in [-0.39, 0.29) is 12.1 Å². The van der Waals surface area contributed by atoms with Gasteiger partial charge in [-0.25, -0.2) is 9.97 Å². The highest BCUT2D eigenvalue weighted by atomic mass is 16.1. The molecule has 0 amide bonds. The number of para-hydroxylation sites is 1. The van der Waals surface area contributed by atoms with E-state index in [9.17, 15) is 9.59 Å². The van der Waals surface area contributed by atoms with Crippen molar-refractivity contribution in [3.63, 3.8) is 0 Å². The van der Waals surface area contributed by atoms with Gasteiger partial charge in [-0.3, -0.25) is 14.2 Å². The average Bonchev–Trinajstić information content (AvgIpc) is 2.80. The third-order valence-electron chi connectivity index (χ3n) is 4.74. The molecule has 144 valence electrons. The quantitative estimate of drug-likeness (QED) is 0.293. The highest BCUT2D eigenvalue weighted by Crippen LogP contribution is 2.31. The lowest BCUT2D eigenvalue weighted by atomic mass is 9.93. The van der Waals surface area contributed by atoms with Gasteiger partial charge < -0.3 is 0 Å². The van der Waals surface area contributed by atoms with Gasteiger partial charge in [0.25, 0.3) is 5.56 Å². The van der Waals surface area contributed by atoms with Gasteiger partial charge in [0.1, 0.15) is 6.33 Å². The predicted octanol–water partition coefficient (Wildman–Crippen LogP) is 3.99. The fraction of sp³-hybridized carbons (Fsp3) is 0.0400. The van der Waals surface area contributed by atoms with Crippen LogP contribution in [-0.4, -0.2) is 20.3 Å². The summed E-state index contributed by atoms with van der Waals surface area (Å²) in [5, 5.41) is 0.790. The maximum atomic E-state index is 13.4. The lowest BCUT2D eigenvalue weighted by Gasteiger charge is -2.16. The third-order valence-corrected chi connectivity index (χ3v) is 4.74. The minimum Gasteiger partial charge on any atom is -0.296 e. The van der Waals surface area contributed by atoms with Gasteiger partial charge in [0.05, 0.1) is 17.6 Å². The lowest BCUT2D eigenvalue weighted by Crippen LogP contribution is -2.27. The van der Waals surface area contributed by atoms with Crippen molar-refractivity contribution in [2.24, 2.45) is 0 Å². The molecule has 0 unspecified atom stereocenters. The van der Waals surface area contributed by atoms with E-state index >= 15 is 0 Å². The number of benzene rings is 2. The van der Waals surface area contributed by atoms with Gasteiger partial charge in [-0.15, -0.1) is 6.42 Å². The molecule has 0 radical (unpaired) electrons. The van der Waals surface area contributed by atoms with Crippen LogP contribution in [0.2, 0.25) is 0 Å². The van der Waals surface area contributed by atoms with Crippen molar-refractivity contribution in [1.82, 2.24) is 14.5 Å². The van der Waals surface area contributed by atoms with Gasteiger partial charge in [0.15, 0.2) is 5.78 Å². The monoisotopic (exact) mass is 391 g/mol. The molecule has 0 aliphatic carbocycles. The first-order chi connectivity index (χ1) is 14.7. The number of aromatic nitrogens is 3. The van der Waals surface area contributed by atoms with Crippen LogP contribution >= 0.6 is 0 Å². The van der Waals surface area contributed by atoms with Gasteiger partial charge in [-0.05, 0) is 23.8 Å². The van der Waals surface area contributed by atoms with Crippen LogP contribution in [0, 0.1) is 12.3 Å². The number of carbonyl (C=O) groups is 1. The summed E-state index contributed by atoms with van der Waals surface area (Å²) < 4.78 is 1.47. The third kappa shape index (κ3) is 3.54. The number of rotatable bonds is 5. The first kappa shape index (κ1) is 19.0. The average molecular weight is 391 g/mol. The van der Waals surface area contributed by atoms with E-state index in [0.717, 1.165) is 10.9 Å². The molecule has 0 atom stereocenters. The number of hydrogen-bond donors (Lipinski definition) is 0. The van der Waals surface area contributed by atoms with Crippen molar-refractivity contribution < 1.29 is 4.79 Å². The van der Waals surface area contributed by atoms with E-state index in [0.29, 0.717) is 16.6 Å². The van der Waals surface area contributed by atoms with Crippen LogP contribution < -0.4 is 5.56 Å². The zero-order chi connectivity index (χ0) is 20.9. The zero-order valence-electron chi connectivity index (χ0n) is 16.0. The Morgan fingerprint density at radius 2 is 1.73 bits per heavy atom. The van der Waals surface area contributed by atoms with Crippen molar-refractivity contribution in [2.45, 2.75) is 6.54 Å². The molecular weight excluding hydrogens is 374 g/mol. The lowest BCUT2D eigenvalue weighted by molar-refractivity contribution is 0.104. The van der Waals surface area contributed by atoms with Crippen LogP contribution in [0.4, 0.5) is 0 Å². The van der Waals surface area contributed by atoms with E-state index in [2.05, 4.69) is 15.9 Å². The minimum absolute atomic E-state index is 0.0743. The first-order valence-corrected chi connectivity index (χ1v) is 9.32. The second-order valence-electron chi connectivity index (χ2n) is 6.60. The van der Waals surface area contributed by atoms with Gasteiger partial charge in [0, 0.05) is 28.9 Å². The van der Waals surface area contributed by atoms with Crippen LogP contribution in [0.3, 0.4) is 0 Å². The SMILES string of the molecule is C#CCn1c(=O)c(C(=O)/C=C/c2cncnc2)c(-c2ccccc2)c2ccccc21. The van der Waals surface area contributed by atoms with Crippen molar-refractivity contribution in [3.05, 3.63) is 101 Å². The molecule has 5 heteroatoms. The summed E-state index contributed by atoms with van der Waals surface area (Å²) in [6.07, 6.45) is 13.1. The van der Waals surface area contributed by atoms with Crippen molar-refractivity contribution in [1.29, 1.82) is 0 Å². The Balaban J connectivity index is 2.01. The molecule has 0 N–H and O–H groups in total. The van der Waals surface area contributed by atoms with Crippen LogP contribution in [0.1, 0.15) is 15.9 Å². The van der Waals surface area contributed by atoms with Crippen LogP contribution in [-0.2, 0) is 6.54 Å². The molecule has 2 aromatic heterocycles. The Bertz CT molecular complexity index is 1350. The molecule has 5 nitrogen and oxygen atoms in total. The maximum absolute atomic E-state index is 13.4. The number of nitrogens with zero attached hydrogens (tertiary/aromatic N) is 3. The van der Waals surface area contributed by atoms with Crippen LogP contribution in [0.15, 0.2) is 84.2 Å². The zero-order valence-corrected chi connectivity index (χ0v) is 16.0. The summed E-state index contributed by atoms with van der Waals surface area (Å²) in [5.74, 6) is 2.11. The molecule has 2 aromatic carbocycles. The Morgan fingerprint density at radius 3 is 2.47 bits per heavy atom. The first-order valence-electron chi connectivity index (χ1n) is 9.32. The molecule has 2 heterocycles. The number of pyridine rings is 1. The van der Waals surface area contributed by atoms with Crippen molar-refractivity contribution >= 4 is 22.8 Å². The highest BCUT2D eigenvalue weighted by Gasteiger charge is 2.21. The molecule has 0 bridgehead atoms. The topological polar surface area (TPSA) is 64.8 Å². The largest absolute Gasteiger partial charge is 0.296 e. The van der Waals surface area contributed by atoms with E-state index in [1.54, 1.807) is 18.5 Å². The Kier molecular flexibility index (Phi) is 5.31. The van der Waals surface area contributed by atoms with Gasteiger partial charge >= 0.3 is 0 Å². The fourth-order valence-electron chi connectivity index (χ4n) is 3.44. The molecule has 0 aliphatic heterocycles. The second-order valence-corrected chi connectivity index (χ2v) is 6.60. The molecule has 0 aliphatic rings. The van der Waals surface area contributed by atoms with Crippen molar-refractivity contribution in [3.8, 4) is 23.5 Å². The normalized spacial score (nSPS) is 10.9. The molecule has 4 rings (SSSR count). The number of allylic oxidation sites excluding steroid dienone is 1. The van der Waals surface area contributed by atoms with Crippen LogP contribution in [0.5, 0.6) is 0 Å². The smallest absolute Gasteiger partial charge is 0.263 e. The van der Waals surface area contributed by atoms with Crippen molar-refractivity contribution in [2.75, 3.05) is 0 Å². The number of ketones is 1. The summed E-state index contributed by atoms with van der Waals surface area (Å²) in [5.41, 5.74) is 2.42. The van der Waals surface area contributed by atoms with E-state index in [1.807, 2.05) is 54.6 Å². The predicted molar refractivity (Wildman–Crippen MR) is 118 cm³/mol. The molecule has 0 fully saturated rings. The Labute approximate surface area is 173 Å². The molecule has 0 saturated carbocycles. The Hall–Kier alpha value is -4.30. The maximum Gasteiger partial charge on any atom is 0.263 e. The molecule has 30 heavy (non-hydrogen) atoms. The Morgan fingerprint density at radius 1 is 1.03 bits per heavy atom. The van der Waals surface area contributed by atoms with Crippen LogP contribution in [0.25, 0.3) is 28.1 Å². The van der Waals surface area contributed by atoms with E-state index < -0.39 is 11.3 Å². The number of carbonyl (C=O) groups excluding carboxylic acids is 1. The number of terminal acetylenes is 1. The molecule has 4 aromatic rings. The van der Waals surface area contributed by atoms with Gasteiger partial charge in [-0.2, -0.15) is 0 Å². The summed E-state index contributed by atoms with van der Waals surface area (Å²) in [6.45, 7) is 0.0743. The minimum atomic E-state index is -0.413. The summed E-state index contributed by atoms with van der Waals surface area (Å²) in [7, 11) is 0. The molecular formula is C25H17N3O2. The standard InChI is InChI=1S/C25H17N3O2/c1-2-14-28-21-11-7-6-10-20(21)23(19-8-4-3-5-9-19)24(25(28)30)22(29)13-12-18-15-26-17-27-16-18/h1,3-13,15-17H,14H2/b13-12+.